The van der Waals surface area contributed by atoms with Crippen LogP contribution in [0.5, 0.6) is 0 Å². The molecule has 1 N–H and O–H groups in total. The summed E-state index contributed by atoms with van der Waals surface area (Å²) in [4.78, 5) is 32.8. The van der Waals surface area contributed by atoms with Gasteiger partial charge in [0.15, 0.2) is 5.13 Å². The van der Waals surface area contributed by atoms with Gasteiger partial charge in [-0.1, -0.05) is 23.8 Å². The highest BCUT2D eigenvalue weighted by Gasteiger charge is 2.33. The molecule has 2 aromatic heterocycles. The summed E-state index contributed by atoms with van der Waals surface area (Å²) >= 11 is 2.83. The molecule has 3 aromatic rings. The minimum atomic E-state index is -0.452. The Balaban J connectivity index is 1.50. The van der Waals surface area contributed by atoms with Crippen molar-refractivity contribution in [1.29, 1.82) is 0 Å². The third-order valence-corrected chi connectivity index (χ3v) is 6.82. The van der Waals surface area contributed by atoms with Crippen LogP contribution in [0, 0.1) is 13.8 Å². The first-order valence-corrected chi connectivity index (χ1v) is 11.5. The smallest absolute Gasteiger partial charge is 0.264 e. The van der Waals surface area contributed by atoms with E-state index in [1.165, 1.54) is 28.2 Å². The van der Waals surface area contributed by atoms with E-state index in [9.17, 15) is 9.59 Å². The lowest BCUT2D eigenvalue weighted by Gasteiger charge is -2.34. The normalized spacial score (nSPS) is 16.6. The summed E-state index contributed by atoms with van der Waals surface area (Å²) in [5.74, 6) is -0.216. The Morgan fingerprint density at radius 3 is 2.83 bits per heavy atom. The first-order chi connectivity index (χ1) is 14.0. The molecule has 1 aromatic carbocycles. The zero-order valence-corrected chi connectivity index (χ0v) is 18.1. The van der Waals surface area contributed by atoms with Crippen molar-refractivity contribution in [2.45, 2.75) is 39.2 Å². The van der Waals surface area contributed by atoms with Gasteiger partial charge in [0.05, 0.1) is 10.6 Å². The van der Waals surface area contributed by atoms with E-state index < -0.39 is 6.04 Å². The van der Waals surface area contributed by atoms with Crippen LogP contribution in [0.15, 0.2) is 41.1 Å². The minimum absolute atomic E-state index is 0.0601. The van der Waals surface area contributed by atoms with E-state index >= 15 is 0 Å². The predicted molar refractivity (Wildman–Crippen MR) is 119 cm³/mol. The van der Waals surface area contributed by atoms with E-state index in [4.69, 9.17) is 0 Å². The number of piperidine rings is 1. The number of hydrogen-bond donors (Lipinski definition) is 1. The summed E-state index contributed by atoms with van der Waals surface area (Å²) < 4.78 is 0. The second-order valence-electron chi connectivity index (χ2n) is 7.33. The van der Waals surface area contributed by atoms with Gasteiger partial charge in [0, 0.05) is 17.5 Å². The molecule has 3 heterocycles. The first-order valence-electron chi connectivity index (χ1n) is 9.71. The summed E-state index contributed by atoms with van der Waals surface area (Å²) in [6.45, 7) is 4.73. The molecule has 1 fully saturated rings. The summed E-state index contributed by atoms with van der Waals surface area (Å²) in [6, 6.07) is 9.49. The molecule has 5 nitrogen and oxygen atoms in total. The van der Waals surface area contributed by atoms with Crippen LogP contribution < -0.4 is 5.32 Å². The Morgan fingerprint density at radius 1 is 1.17 bits per heavy atom. The third-order valence-electron chi connectivity index (χ3n) is 5.20. The minimum Gasteiger partial charge on any atom is -0.326 e. The maximum Gasteiger partial charge on any atom is 0.264 e. The molecule has 1 atom stereocenters. The van der Waals surface area contributed by atoms with Gasteiger partial charge in [-0.2, -0.15) is 0 Å². The van der Waals surface area contributed by atoms with Gasteiger partial charge in [-0.25, -0.2) is 4.98 Å². The number of rotatable bonds is 4. The fourth-order valence-electron chi connectivity index (χ4n) is 3.64. The van der Waals surface area contributed by atoms with Gasteiger partial charge in [-0.3, -0.25) is 9.59 Å². The first kappa shape index (κ1) is 19.8. The second kappa shape index (κ2) is 8.47. The molecule has 150 valence electrons. The number of carbonyl (C=O) groups excluding carboxylic acids is 2. The average Bonchev–Trinajstić information content (AvgIpc) is 3.41. The highest BCUT2D eigenvalue weighted by Crippen LogP contribution is 2.29. The number of hydrogen-bond acceptors (Lipinski definition) is 5. The Kier molecular flexibility index (Phi) is 5.78. The lowest BCUT2D eigenvalue weighted by molar-refractivity contribution is -0.121. The second-order valence-corrected chi connectivity index (χ2v) is 9.14. The van der Waals surface area contributed by atoms with E-state index in [-0.39, 0.29) is 11.8 Å². The number of thiophene rings is 1. The Hall–Kier alpha value is -2.51. The van der Waals surface area contributed by atoms with Crippen molar-refractivity contribution in [2.24, 2.45) is 0 Å². The van der Waals surface area contributed by atoms with E-state index in [1.807, 2.05) is 22.9 Å². The quantitative estimate of drug-likeness (QED) is 0.631. The van der Waals surface area contributed by atoms with Gasteiger partial charge in [-0.05, 0) is 56.2 Å². The van der Waals surface area contributed by atoms with E-state index in [0.29, 0.717) is 23.0 Å². The molecule has 29 heavy (non-hydrogen) atoms. The average molecular weight is 426 g/mol. The molecule has 2 amide bonds. The standard InChI is InChI=1S/C22H23N3O2S2/c1-14-8-9-15(2)16(12-14)17-13-29-22(23-17)24-20(26)18-6-3-4-10-25(18)21(27)19-7-5-11-28-19/h5,7-9,11-13,18H,3-4,6,10H2,1-2H3,(H,23,24,26). The Bertz CT molecular complexity index is 1030. The maximum absolute atomic E-state index is 13.0. The molecule has 1 unspecified atom stereocenters. The molecular formula is C22H23N3O2S2. The zero-order chi connectivity index (χ0) is 20.4. The number of likely N-dealkylation sites (tertiary alicyclic amines) is 1. The SMILES string of the molecule is Cc1ccc(C)c(-c2csc(NC(=O)C3CCCCN3C(=O)c3cccs3)n2)c1. The van der Waals surface area contributed by atoms with Gasteiger partial charge in [0.2, 0.25) is 5.91 Å². The van der Waals surface area contributed by atoms with Crippen molar-refractivity contribution < 1.29 is 9.59 Å². The van der Waals surface area contributed by atoms with Gasteiger partial charge < -0.3 is 10.2 Å². The Labute approximate surface area is 178 Å². The van der Waals surface area contributed by atoms with E-state index in [1.54, 1.807) is 4.90 Å². The van der Waals surface area contributed by atoms with Gasteiger partial charge in [0.1, 0.15) is 6.04 Å². The number of aryl methyl sites for hydroxylation is 2. The predicted octanol–water partition coefficient (Wildman–Crippen LogP) is 5.12. The number of amides is 2. The fourth-order valence-corrected chi connectivity index (χ4v) is 5.04. The molecule has 7 heteroatoms. The van der Waals surface area contributed by atoms with Crippen molar-refractivity contribution in [1.82, 2.24) is 9.88 Å². The maximum atomic E-state index is 13.0. The van der Waals surface area contributed by atoms with Crippen molar-refractivity contribution in [3.8, 4) is 11.3 Å². The monoisotopic (exact) mass is 425 g/mol. The zero-order valence-electron chi connectivity index (χ0n) is 16.5. The van der Waals surface area contributed by atoms with Crippen LogP contribution in [0.3, 0.4) is 0 Å². The number of nitrogens with zero attached hydrogens (tertiary/aromatic N) is 2. The Morgan fingerprint density at radius 2 is 2.03 bits per heavy atom. The molecule has 1 aliphatic rings. The summed E-state index contributed by atoms with van der Waals surface area (Å²) in [5.41, 5.74) is 4.27. The third kappa shape index (κ3) is 4.26. The molecule has 0 spiro atoms. The number of thiazole rings is 1. The van der Waals surface area contributed by atoms with Crippen LogP contribution >= 0.6 is 22.7 Å². The lowest BCUT2D eigenvalue weighted by atomic mass is 10.0. The van der Waals surface area contributed by atoms with Gasteiger partial charge >= 0.3 is 0 Å². The number of carbonyl (C=O) groups is 2. The summed E-state index contributed by atoms with van der Waals surface area (Å²) in [7, 11) is 0. The molecule has 0 saturated carbocycles. The van der Waals surface area contributed by atoms with Gasteiger partial charge in [-0.15, -0.1) is 22.7 Å². The van der Waals surface area contributed by atoms with Crippen molar-refractivity contribution in [2.75, 3.05) is 11.9 Å². The number of aromatic nitrogens is 1. The number of benzene rings is 1. The van der Waals surface area contributed by atoms with Crippen LogP contribution in [0.4, 0.5) is 5.13 Å². The highest BCUT2D eigenvalue weighted by atomic mass is 32.1. The van der Waals surface area contributed by atoms with Crippen molar-refractivity contribution in [3.63, 3.8) is 0 Å². The molecule has 0 aliphatic carbocycles. The molecule has 4 rings (SSSR count). The van der Waals surface area contributed by atoms with E-state index in [2.05, 4.69) is 42.3 Å². The molecular weight excluding hydrogens is 402 g/mol. The highest BCUT2D eigenvalue weighted by molar-refractivity contribution is 7.14. The van der Waals surface area contributed by atoms with Crippen molar-refractivity contribution in [3.05, 3.63) is 57.1 Å². The van der Waals surface area contributed by atoms with Crippen LogP contribution in [0.25, 0.3) is 11.3 Å². The molecule has 0 bridgehead atoms. The van der Waals surface area contributed by atoms with E-state index in [0.717, 1.165) is 29.7 Å². The number of nitrogens with one attached hydrogen (secondary N) is 1. The topological polar surface area (TPSA) is 62.3 Å². The van der Waals surface area contributed by atoms with Crippen LogP contribution in [-0.4, -0.2) is 34.3 Å². The summed E-state index contributed by atoms with van der Waals surface area (Å²) in [5, 5.41) is 7.36. The fraction of sp³-hybridized carbons (Fsp3) is 0.318. The van der Waals surface area contributed by atoms with Crippen molar-refractivity contribution >= 4 is 39.6 Å². The molecule has 1 saturated heterocycles. The summed E-state index contributed by atoms with van der Waals surface area (Å²) in [6.07, 6.45) is 2.55. The molecule has 0 radical (unpaired) electrons. The molecule has 1 aliphatic heterocycles. The largest absolute Gasteiger partial charge is 0.326 e. The number of anilines is 1. The van der Waals surface area contributed by atoms with Crippen LogP contribution in [0.2, 0.25) is 0 Å². The van der Waals surface area contributed by atoms with Crippen LogP contribution in [-0.2, 0) is 4.79 Å². The van der Waals surface area contributed by atoms with Gasteiger partial charge in [0.25, 0.3) is 5.91 Å². The lowest BCUT2D eigenvalue weighted by Crippen LogP contribution is -2.49. The van der Waals surface area contributed by atoms with Crippen LogP contribution in [0.1, 0.15) is 40.1 Å².